The van der Waals surface area contributed by atoms with Crippen molar-refractivity contribution in [3.63, 3.8) is 0 Å². The summed E-state index contributed by atoms with van der Waals surface area (Å²) in [6.45, 7) is 0. The monoisotopic (exact) mass is 293 g/mol. The molecule has 1 aromatic heterocycles. The van der Waals surface area contributed by atoms with Gasteiger partial charge < -0.3 is 16.2 Å². The number of rotatable bonds is 4. The van der Waals surface area contributed by atoms with Crippen LogP contribution in [0.25, 0.3) is 10.9 Å². The molecule has 0 atom stereocenters. The van der Waals surface area contributed by atoms with E-state index in [1.807, 2.05) is 36.4 Å². The first-order valence-corrected chi connectivity index (χ1v) is 6.84. The van der Waals surface area contributed by atoms with Crippen molar-refractivity contribution in [2.24, 2.45) is 0 Å². The van der Waals surface area contributed by atoms with Crippen LogP contribution >= 0.6 is 0 Å². The lowest BCUT2D eigenvalue weighted by atomic mass is 10.1. The Morgan fingerprint density at radius 1 is 1.14 bits per heavy atom. The number of hydrogen-bond acceptors (Lipinski definition) is 4. The molecule has 0 radical (unpaired) electrons. The van der Waals surface area contributed by atoms with Crippen LogP contribution in [0.5, 0.6) is 0 Å². The van der Waals surface area contributed by atoms with Crippen LogP contribution in [0.15, 0.2) is 54.7 Å². The highest BCUT2D eigenvalue weighted by molar-refractivity contribution is 5.98. The maximum absolute atomic E-state index is 10.7. The number of aliphatic carboxylic acids is 1. The van der Waals surface area contributed by atoms with Crippen LogP contribution in [0.1, 0.15) is 5.56 Å². The van der Waals surface area contributed by atoms with Crippen molar-refractivity contribution in [2.45, 2.75) is 6.42 Å². The molecule has 1 heterocycles. The standard InChI is InChI=1S/C17H15N3O2/c18-14-10-19-15-4-2-1-3-13(15)17(14)20-12-7-5-11(6-8-12)9-16(21)22/h1-8,10H,9,18H2,(H,19,20)(H,21,22). The number of para-hydroxylation sites is 1. The third kappa shape index (κ3) is 2.83. The maximum atomic E-state index is 10.7. The lowest BCUT2D eigenvalue weighted by Gasteiger charge is -2.12. The molecule has 2 aromatic carbocycles. The highest BCUT2D eigenvalue weighted by Gasteiger charge is 2.07. The van der Waals surface area contributed by atoms with E-state index in [4.69, 9.17) is 10.8 Å². The Bertz CT molecular complexity index is 829. The van der Waals surface area contributed by atoms with Crippen molar-refractivity contribution < 1.29 is 9.90 Å². The van der Waals surface area contributed by atoms with Gasteiger partial charge in [0.2, 0.25) is 0 Å². The van der Waals surface area contributed by atoms with Gasteiger partial charge in [0, 0.05) is 11.1 Å². The second-order valence-electron chi connectivity index (χ2n) is 5.00. The fraction of sp³-hybridized carbons (Fsp3) is 0.0588. The molecule has 110 valence electrons. The molecule has 0 spiro atoms. The number of carbonyl (C=O) groups is 1. The summed E-state index contributed by atoms with van der Waals surface area (Å²) in [6, 6.07) is 15.0. The maximum Gasteiger partial charge on any atom is 0.307 e. The van der Waals surface area contributed by atoms with Gasteiger partial charge in [-0.25, -0.2) is 0 Å². The number of nitrogen functional groups attached to an aromatic ring is 1. The molecule has 0 saturated heterocycles. The van der Waals surface area contributed by atoms with Gasteiger partial charge in [-0.1, -0.05) is 30.3 Å². The topological polar surface area (TPSA) is 88.2 Å². The van der Waals surface area contributed by atoms with E-state index in [-0.39, 0.29) is 6.42 Å². The van der Waals surface area contributed by atoms with Crippen molar-refractivity contribution in [2.75, 3.05) is 11.1 Å². The van der Waals surface area contributed by atoms with Crippen LogP contribution < -0.4 is 11.1 Å². The summed E-state index contributed by atoms with van der Waals surface area (Å²) in [5.74, 6) is -0.843. The zero-order valence-corrected chi connectivity index (χ0v) is 11.8. The Labute approximate surface area is 127 Å². The number of benzene rings is 2. The molecule has 5 nitrogen and oxygen atoms in total. The first kappa shape index (κ1) is 13.9. The fourth-order valence-corrected chi connectivity index (χ4v) is 2.32. The number of anilines is 3. The van der Waals surface area contributed by atoms with Crippen LogP contribution in [0, 0.1) is 0 Å². The molecule has 4 N–H and O–H groups in total. The predicted molar refractivity (Wildman–Crippen MR) is 87.2 cm³/mol. The summed E-state index contributed by atoms with van der Waals surface area (Å²) in [5, 5.41) is 13.0. The second-order valence-corrected chi connectivity index (χ2v) is 5.00. The number of carboxylic acid groups (broad SMARTS) is 1. The molecule has 0 bridgehead atoms. The van der Waals surface area contributed by atoms with Crippen LogP contribution in [0.2, 0.25) is 0 Å². The summed E-state index contributed by atoms with van der Waals surface area (Å²) in [7, 11) is 0. The highest BCUT2D eigenvalue weighted by atomic mass is 16.4. The first-order chi connectivity index (χ1) is 10.6. The van der Waals surface area contributed by atoms with Gasteiger partial charge in [-0.3, -0.25) is 9.78 Å². The van der Waals surface area contributed by atoms with E-state index in [0.717, 1.165) is 27.8 Å². The van der Waals surface area contributed by atoms with E-state index in [1.54, 1.807) is 18.3 Å². The third-order valence-corrected chi connectivity index (χ3v) is 3.38. The molecule has 0 aliphatic rings. The summed E-state index contributed by atoms with van der Waals surface area (Å²) >= 11 is 0. The van der Waals surface area contributed by atoms with Crippen molar-refractivity contribution >= 4 is 33.9 Å². The minimum Gasteiger partial charge on any atom is -0.481 e. The fourth-order valence-electron chi connectivity index (χ4n) is 2.32. The summed E-state index contributed by atoms with van der Waals surface area (Å²) in [4.78, 5) is 15.0. The Kier molecular flexibility index (Phi) is 3.62. The zero-order valence-electron chi connectivity index (χ0n) is 11.8. The molecular formula is C17H15N3O2. The average Bonchev–Trinajstić information content (AvgIpc) is 2.51. The van der Waals surface area contributed by atoms with E-state index >= 15 is 0 Å². The van der Waals surface area contributed by atoms with E-state index < -0.39 is 5.97 Å². The van der Waals surface area contributed by atoms with E-state index in [9.17, 15) is 4.79 Å². The Balaban J connectivity index is 1.93. The minimum absolute atomic E-state index is 0.0145. The number of hydrogen-bond donors (Lipinski definition) is 3. The quantitative estimate of drug-likeness (QED) is 0.687. The molecule has 5 heteroatoms. The van der Waals surface area contributed by atoms with Gasteiger partial charge in [-0.2, -0.15) is 0 Å². The number of fused-ring (bicyclic) bond motifs is 1. The molecule has 3 aromatic rings. The van der Waals surface area contributed by atoms with Crippen molar-refractivity contribution in [1.29, 1.82) is 0 Å². The minimum atomic E-state index is -0.843. The van der Waals surface area contributed by atoms with Gasteiger partial charge in [-0.05, 0) is 23.8 Å². The normalized spacial score (nSPS) is 10.5. The predicted octanol–water partition coefficient (Wildman–Crippen LogP) is 3.19. The summed E-state index contributed by atoms with van der Waals surface area (Å²) < 4.78 is 0. The molecule has 0 aliphatic heterocycles. The van der Waals surface area contributed by atoms with Gasteiger partial charge in [0.15, 0.2) is 0 Å². The second kappa shape index (κ2) is 5.73. The van der Waals surface area contributed by atoms with Gasteiger partial charge >= 0.3 is 5.97 Å². The number of nitrogens with two attached hydrogens (primary N) is 1. The molecule has 0 fully saturated rings. The van der Waals surface area contributed by atoms with Gasteiger partial charge in [-0.15, -0.1) is 0 Å². The van der Waals surface area contributed by atoms with Gasteiger partial charge in [0.05, 0.1) is 29.5 Å². The van der Waals surface area contributed by atoms with Crippen LogP contribution in [0.3, 0.4) is 0 Å². The number of carboxylic acids is 1. The Hall–Kier alpha value is -3.08. The summed E-state index contributed by atoms with van der Waals surface area (Å²) in [5.41, 5.74) is 9.86. The van der Waals surface area contributed by atoms with Gasteiger partial charge in [0.25, 0.3) is 0 Å². The Morgan fingerprint density at radius 3 is 2.59 bits per heavy atom. The number of nitrogens with zero attached hydrogens (tertiary/aromatic N) is 1. The van der Waals surface area contributed by atoms with Crippen LogP contribution in [0.4, 0.5) is 17.1 Å². The van der Waals surface area contributed by atoms with E-state index in [1.165, 1.54) is 0 Å². The number of aromatic nitrogens is 1. The SMILES string of the molecule is Nc1cnc2ccccc2c1Nc1ccc(CC(=O)O)cc1. The third-order valence-electron chi connectivity index (χ3n) is 3.38. The lowest BCUT2D eigenvalue weighted by Crippen LogP contribution is -2.01. The van der Waals surface area contributed by atoms with E-state index in [2.05, 4.69) is 10.3 Å². The lowest BCUT2D eigenvalue weighted by molar-refractivity contribution is -0.136. The van der Waals surface area contributed by atoms with Gasteiger partial charge in [0.1, 0.15) is 0 Å². The van der Waals surface area contributed by atoms with Crippen LogP contribution in [-0.4, -0.2) is 16.1 Å². The Morgan fingerprint density at radius 2 is 1.86 bits per heavy atom. The highest BCUT2D eigenvalue weighted by Crippen LogP contribution is 2.30. The molecule has 3 rings (SSSR count). The number of pyridine rings is 1. The van der Waals surface area contributed by atoms with Crippen LogP contribution in [-0.2, 0) is 11.2 Å². The van der Waals surface area contributed by atoms with Crippen molar-refractivity contribution in [3.05, 3.63) is 60.3 Å². The average molecular weight is 293 g/mol. The smallest absolute Gasteiger partial charge is 0.307 e. The molecule has 22 heavy (non-hydrogen) atoms. The number of nitrogens with one attached hydrogen (secondary N) is 1. The van der Waals surface area contributed by atoms with Crippen molar-refractivity contribution in [1.82, 2.24) is 4.98 Å². The summed E-state index contributed by atoms with van der Waals surface area (Å²) in [6.07, 6.45) is 1.64. The molecule has 0 saturated carbocycles. The molecule has 0 amide bonds. The first-order valence-electron chi connectivity index (χ1n) is 6.84. The largest absolute Gasteiger partial charge is 0.481 e. The van der Waals surface area contributed by atoms with Crippen molar-refractivity contribution in [3.8, 4) is 0 Å². The zero-order chi connectivity index (χ0) is 15.5. The molecule has 0 unspecified atom stereocenters. The molecule has 0 aliphatic carbocycles. The molecular weight excluding hydrogens is 278 g/mol. The van der Waals surface area contributed by atoms with E-state index in [0.29, 0.717) is 5.69 Å².